The van der Waals surface area contributed by atoms with Gasteiger partial charge in [-0.05, 0) is 70.6 Å². The first-order valence-corrected chi connectivity index (χ1v) is 14.6. The van der Waals surface area contributed by atoms with E-state index in [-0.39, 0.29) is 29.4 Å². The van der Waals surface area contributed by atoms with E-state index in [0.717, 1.165) is 30.8 Å². The number of rotatable bonds is 9. The number of amides is 3. The lowest BCUT2D eigenvalue weighted by molar-refractivity contribution is -0.131. The molecule has 2 fully saturated rings. The molecule has 0 radical (unpaired) electrons. The maximum Gasteiger partial charge on any atom is 0.258 e. The van der Waals surface area contributed by atoms with Gasteiger partial charge in [-0.2, -0.15) is 5.10 Å². The van der Waals surface area contributed by atoms with Crippen LogP contribution in [0.4, 0.5) is 5.69 Å². The van der Waals surface area contributed by atoms with E-state index in [1.54, 1.807) is 6.07 Å². The smallest absolute Gasteiger partial charge is 0.258 e. The second-order valence-corrected chi connectivity index (χ2v) is 12.6. The Balaban J connectivity index is 1.37. The minimum absolute atomic E-state index is 0.0545. The van der Waals surface area contributed by atoms with Gasteiger partial charge in [0.05, 0.1) is 34.7 Å². The first kappa shape index (κ1) is 28.1. The van der Waals surface area contributed by atoms with Gasteiger partial charge < -0.3 is 26.2 Å². The minimum atomic E-state index is -0.507. The third-order valence-electron chi connectivity index (χ3n) is 8.47. The molecule has 4 N–H and O–H groups in total. The van der Waals surface area contributed by atoms with E-state index in [2.05, 4.69) is 24.5 Å². The Labute approximate surface area is 236 Å². The lowest BCUT2D eigenvalue weighted by Crippen LogP contribution is -2.53. The number of fused-ring (bicyclic) bond motifs is 1. The maximum atomic E-state index is 13.6. The van der Waals surface area contributed by atoms with Gasteiger partial charge in [0.2, 0.25) is 5.91 Å². The van der Waals surface area contributed by atoms with Crippen LogP contribution in [0.5, 0.6) is 0 Å². The Hall–Kier alpha value is -3.40. The molecule has 2 aromatic rings. The first-order valence-electron chi connectivity index (χ1n) is 14.6. The predicted molar refractivity (Wildman–Crippen MR) is 155 cm³/mol. The van der Waals surface area contributed by atoms with Gasteiger partial charge in [0.1, 0.15) is 0 Å². The van der Waals surface area contributed by atoms with Crippen molar-refractivity contribution < 1.29 is 14.4 Å². The molecular weight excluding hydrogens is 506 g/mol. The van der Waals surface area contributed by atoms with E-state index in [1.807, 2.05) is 47.4 Å². The summed E-state index contributed by atoms with van der Waals surface area (Å²) in [5.74, 6) is 0.266. The highest BCUT2D eigenvalue weighted by Gasteiger charge is 2.43. The number of hydrogen-bond donors (Lipinski definition) is 3. The first-order chi connectivity index (χ1) is 18.9. The van der Waals surface area contributed by atoms with Crippen LogP contribution < -0.4 is 16.4 Å². The number of carbonyl (C=O) groups excluding carboxylic acids is 3. The number of carbonyl (C=O) groups is 3. The normalized spacial score (nSPS) is 19.2. The molecule has 3 aliphatic rings. The number of nitrogens with one attached hydrogen (secondary N) is 2. The van der Waals surface area contributed by atoms with Gasteiger partial charge >= 0.3 is 0 Å². The average molecular weight is 550 g/mol. The number of benzene rings is 1. The van der Waals surface area contributed by atoms with Crippen molar-refractivity contribution in [3.8, 4) is 5.69 Å². The van der Waals surface area contributed by atoms with Crippen molar-refractivity contribution in [2.24, 2.45) is 11.7 Å². The molecule has 1 saturated heterocycles. The number of piperidine rings is 1. The Morgan fingerprint density at radius 2 is 1.85 bits per heavy atom. The van der Waals surface area contributed by atoms with E-state index in [4.69, 9.17) is 10.8 Å². The summed E-state index contributed by atoms with van der Waals surface area (Å²) in [4.78, 5) is 42.4. The number of hydrogen-bond acceptors (Lipinski definition) is 6. The van der Waals surface area contributed by atoms with Gasteiger partial charge in [-0.3, -0.25) is 14.4 Å². The molecule has 1 aromatic heterocycles. The zero-order valence-electron chi connectivity index (χ0n) is 24.4. The molecule has 1 aliphatic carbocycles. The van der Waals surface area contributed by atoms with Crippen molar-refractivity contribution in [2.75, 3.05) is 31.5 Å². The standard InChI is InChI=1S/C30H43N7O3/c1-18(2)32-16-26(38)35-12-10-21(11-13-35)33-24-14-22(8-9-23(24)28(31)39)37-25-15-30(4,5)36(17-20-6-7-20)29(40)27(25)19(3)34-37/h8-9,14,18,20-21,32-33H,6-7,10-13,15-17H2,1-5H3,(H2,31,39). The number of nitrogens with two attached hydrogens (primary N) is 1. The zero-order chi connectivity index (χ0) is 28.8. The molecule has 0 unspecified atom stereocenters. The maximum absolute atomic E-state index is 13.6. The molecule has 1 aromatic carbocycles. The minimum Gasteiger partial charge on any atom is -0.381 e. The quantitative estimate of drug-likeness (QED) is 0.442. The molecule has 5 rings (SSSR count). The molecule has 0 atom stereocenters. The van der Waals surface area contributed by atoms with Crippen LogP contribution in [-0.2, 0) is 11.2 Å². The summed E-state index contributed by atoms with van der Waals surface area (Å²) >= 11 is 0. The van der Waals surface area contributed by atoms with Crippen LogP contribution in [0.15, 0.2) is 18.2 Å². The van der Waals surface area contributed by atoms with Crippen LogP contribution >= 0.6 is 0 Å². The van der Waals surface area contributed by atoms with Gasteiger partial charge in [0, 0.05) is 49.4 Å². The van der Waals surface area contributed by atoms with Gasteiger partial charge in [0.15, 0.2) is 0 Å². The SMILES string of the molecule is Cc1nn(-c2ccc(C(N)=O)c(NC3CCN(C(=O)CNC(C)C)CC3)c2)c2c1C(=O)N(CC1CC1)C(C)(C)C2. The summed E-state index contributed by atoms with van der Waals surface area (Å²) in [5, 5.41) is 11.5. The molecule has 10 heteroatoms. The number of aromatic nitrogens is 2. The van der Waals surface area contributed by atoms with Crippen molar-refractivity contribution in [1.82, 2.24) is 24.9 Å². The molecule has 0 spiro atoms. The van der Waals surface area contributed by atoms with E-state index in [9.17, 15) is 14.4 Å². The molecule has 216 valence electrons. The monoisotopic (exact) mass is 549 g/mol. The van der Waals surface area contributed by atoms with Gasteiger partial charge in [-0.1, -0.05) is 13.8 Å². The van der Waals surface area contributed by atoms with E-state index < -0.39 is 5.91 Å². The summed E-state index contributed by atoms with van der Waals surface area (Å²) in [6.45, 7) is 12.6. The van der Waals surface area contributed by atoms with Crippen molar-refractivity contribution in [3.63, 3.8) is 0 Å². The molecule has 40 heavy (non-hydrogen) atoms. The molecule has 2 aliphatic heterocycles. The summed E-state index contributed by atoms with van der Waals surface area (Å²) in [6, 6.07) is 5.84. The Morgan fingerprint density at radius 3 is 2.48 bits per heavy atom. The number of anilines is 1. The predicted octanol–water partition coefficient (Wildman–Crippen LogP) is 2.87. The second-order valence-electron chi connectivity index (χ2n) is 12.6. The third-order valence-corrected chi connectivity index (χ3v) is 8.47. The van der Waals surface area contributed by atoms with Crippen LogP contribution in [0, 0.1) is 12.8 Å². The number of likely N-dealkylation sites (tertiary alicyclic amines) is 1. The Kier molecular flexibility index (Phi) is 7.65. The molecule has 1 saturated carbocycles. The fraction of sp³-hybridized carbons (Fsp3) is 0.600. The highest BCUT2D eigenvalue weighted by atomic mass is 16.2. The number of primary amides is 1. The Bertz CT molecular complexity index is 1300. The zero-order valence-corrected chi connectivity index (χ0v) is 24.4. The fourth-order valence-corrected chi connectivity index (χ4v) is 5.93. The van der Waals surface area contributed by atoms with E-state index in [0.29, 0.717) is 54.5 Å². The van der Waals surface area contributed by atoms with Crippen molar-refractivity contribution >= 4 is 23.4 Å². The summed E-state index contributed by atoms with van der Waals surface area (Å²) in [5.41, 5.74) is 9.58. The summed E-state index contributed by atoms with van der Waals surface area (Å²) in [7, 11) is 0. The highest BCUT2D eigenvalue weighted by molar-refractivity contribution is 6.00. The lowest BCUT2D eigenvalue weighted by atomic mass is 9.87. The highest BCUT2D eigenvalue weighted by Crippen LogP contribution is 2.38. The topological polar surface area (TPSA) is 126 Å². The molecule has 10 nitrogen and oxygen atoms in total. The molecule has 3 heterocycles. The average Bonchev–Trinajstić information content (AvgIpc) is 3.66. The van der Waals surface area contributed by atoms with Gasteiger partial charge in [-0.15, -0.1) is 0 Å². The lowest BCUT2D eigenvalue weighted by Gasteiger charge is -2.42. The summed E-state index contributed by atoms with van der Waals surface area (Å²) in [6.07, 6.45) is 4.62. The molecule has 0 bridgehead atoms. The van der Waals surface area contributed by atoms with Gasteiger partial charge in [0.25, 0.3) is 11.8 Å². The third kappa shape index (κ3) is 5.73. The van der Waals surface area contributed by atoms with Crippen LogP contribution in [0.1, 0.15) is 85.5 Å². The Morgan fingerprint density at radius 1 is 1.15 bits per heavy atom. The summed E-state index contributed by atoms with van der Waals surface area (Å²) < 4.78 is 1.86. The van der Waals surface area contributed by atoms with Crippen molar-refractivity contribution in [3.05, 3.63) is 40.7 Å². The van der Waals surface area contributed by atoms with Crippen molar-refractivity contribution in [2.45, 2.75) is 84.3 Å². The number of nitrogens with zero attached hydrogens (tertiary/aromatic N) is 4. The molecule has 3 amide bonds. The van der Waals surface area contributed by atoms with Crippen LogP contribution in [-0.4, -0.2) is 81.1 Å². The fourth-order valence-electron chi connectivity index (χ4n) is 5.93. The van der Waals surface area contributed by atoms with E-state index in [1.165, 1.54) is 12.8 Å². The van der Waals surface area contributed by atoms with Gasteiger partial charge in [-0.25, -0.2) is 4.68 Å². The van der Waals surface area contributed by atoms with Crippen LogP contribution in [0.2, 0.25) is 0 Å². The van der Waals surface area contributed by atoms with Crippen LogP contribution in [0.25, 0.3) is 5.69 Å². The molecular formula is C30H43N7O3. The van der Waals surface area contributed by atoms with Crippen LogP contribution in [0.3, 0.4) is 0 Å². The second kappa shape index (κ2) is 10.9. The van der Waals surface area contributed by atoms with Crippen molar-refractivity contribution in [1.29, 1.82) is 0 Å². The van der Waals surface area contributed by atoms with E-state index >= 15 is 0 Å². The largest absolute Gasteiger partial charge is 0.381 e. The number of aryl methyl sites for hydroxylation is 1.